The number of nitrogen functional groups attached to an aromatic ring is 1. The zero-order valence-electron chi connectivity index (χ0n) is 9.41. The molecule has 0 aliphatic rings. The standard InChI is InChI=1S/C12H17NOS/c1-12(2,3)15-11(14)8-9-5-4-6-10(13)7-9/h4-7H,8,13H2,1-3H3. The summed E-state index contributed by atoms with van der Waals surface area (Å²) in [7, 11) is 0. The molecule has 3 heteroatoms. The second-order valence-corrected chi connectivity index (χ2v) is 6.39. The van der Waals surface area contributed by atoms with Gasteiger partial charge in [-0.05, 0) is 17.7 Å². The highest BCUT2D eigenvalue weighted by Crippen LogP contribution is 2.25. The maximum Gasteiger partial charge on any atom is 0.193 e. The number of anilines is 1. The van der Waals surface area contributed by atoms with Crippen molar-refractivity contribution in [1.29, 1.82) is 0 Å². The number of hydrogen-bond acceptors (Lipinski definition) is 3. The van der Waals surface area contributed by atoms with Crippen LogP contribution in [0.3, 0.4) is 0 Å². The lowest BCUT2D eigenvalue weighted by Crippen LogP contribution is -2.13. The van der Waals surface area contributed by atoms with Crippen molar-refractivity contribution in [2.24, 2.45) is 0 Å². The fourth-order valence-corrected chi connectivity index (χ4v) is 2.17. The molecule has 0 unspecified atom stereocenters. The van der Waals surface area contributed by atoms with E-state index >= 15 is 0 Å². The number of nitrogens with two attached hydrogens (primary N) is 1. The van der Waals surface area contributed by atoms with Gasteiger partial charge in [-0.2, -0.15) is 0 Å². The predicted molar refractivity (Wildman–Crippen MR) is 66.9 cm³/mol. The van der Waals surface area contributed by atoms with E-state index in [0.717, 1.165) is 5.56 Å². The van der Waals surface area contributed by atoms with Gasteiger partial charge in [0.15, 0.2) is 5.12 Å². The summed E-state index contributed by atoms with van der Waals surface area (Å²) in [5, 5.41) is 0.188. The summed E-state index contributed by atoms with van der Waals surface area (Å²) < 4.78 is -0.0165. The molecule has 0 radical (unpaired) electrons. The average Bonchev–Trinajstić information content (AvgIpc) is 1.99. The molecular weight excluding hydrogens is 206 g/mol. The van der Waals surface area contributed by atoms with Crippen molar-refractivity contribution in [2.45, 2.75) is 31.9 Å². The highest BCUT2D eigenvalue weighted by Gasteiger charge is 2.16. The van der Waals surface area contributed by atoms with E-state index in [0.29, 0.717) is 12.1 Å². The second kappa shape index (κ2) is 4.71. The average molecular weight is 223 g/mol. The number of thioether (sulfide) groups is 1. The molecule has 2 nitrogen and oxygen atoms in total. The minimum Gasteiger partial charge on any atom is -0.399 e. The Labute approximate surface area is 95.2 Å². The van der Waals surface area contributed by atoms with Crippen LogP contribution in [0.15, 0.2) is 24.3 Å². The third kappa shape index (κ3) is 4.88. The van der Waals surface area contributed by atoms with Crippen molar-refractivity contribution in [3.63, 3.8) is 0 Å². The molecule has 0 aliphatic carbocycles. The van der Waals surface area contributed by atoms with Crippen LogP contribution in [0.4, 0.5) is 5.69 Å². The quantitative estimate of drug-likeness (QED) is 0.784. The number of carbonyl (C=O) groups is 1. The minimum atomic E-state index is -0.0165. The third-order valence-electron chi connectivity index (χ3n) is 1.72. The van der Waals surface area contributed by atoms with Crippen molar-refractivity contribution in [1.82, 2.24) is 0 Å². The summed E-state index contributed by atoms with van der Waals surface area (Å²) in [6, 6.07) is 7.48. The summed E-state index contributed by atoms with van der Waals surface area (Å²) in [5.41, 5.74) is 7.34. The molecule has 0 saturated heterocycles. The molecule has 0 spiro atoms. The van der Waals surface area contributed by atoms with E-state index in [2.05, 4.69) is 0 Å². The molecule has 0 heterocycles. The molecule has 0 aromatic heterocycles. The topological polar surface area (TPSA) is 43.1 Å². The van der Waals surface area contributed by atoms with Crippen LogP contribution in [-0.4, -0.2) is 9.86 Å². The summed E-state index contributed by atoms with van der Waals surface area (Å²) in [5.74, 6) is 0. The maximum absolute atomic E-state index is 11.7. The van der Waals surface area contributed by atoms with Gasteiger partial charge in [-0.3, -0.25) is 4.79 Å². The summed E-state index contributed by atoms with van der Waals surface area (Å²) in [4.78, 5) is 11.7. The Morgan fingerprint density at radius 2 is 2.07 bits per heavy atom. The monoisotopic (exact) mass is 223 g/mol. The number of carbonyl (C=O) groups excluding carboxylic acids is 1. The van der Waals surface area contributed by atoms with Gasteiger partial charge < -0.3 is 5.73 Å². The van der Waals surface area contributed by atoms with E-state index in [9.17, 15) is 4.79 Å². The molecule has 0 aliphatic heterocycles. The van der Waals surface area contributed by atoms with E-state index < -0.39 is 0 Å². The van der Waals surface area contributed by atoms with Crippen LogP contribution in [0, 0.1) is 0 Å². The highest BCUT2D eigenvalue weighted by atomic mass is 32.2. The van der Waals surface area contributed by atoms with Crippen LogP contribution in [0.25, 0.3) is 0 Å². The second-order valence-electron chi connectivity index (χ2n) is 4.51. The van der Waals surface area contributed by atoms with Crippen LogP contribution in [0.1, 0.15) is 26.3 Å². The van der Waals surface area contributed by atoms with Crippen LogP contribution in [0.2, 0.25) is 0 Å². The van der Waals surface area contributed by atoms with Crippen LogP contribution < -0.4 is 5.73 Å². The molecule has 1 aromatic carbocycles. The third-order valence-corrected chi connectivity index (χ3v) is 2.70. The number of benzene rings is 1. The molecule has 15 heavy (non-hydrogen) atoms. The number of hydrogen-bond donors (Lipinski definition) is 1. The summed E-state index contributed by atoms with van der Waals surface area (Å²) in [6.07, 6.45) is 0.451. The van der Waals surface area contributed by atoms with Gasteiger partial charge in [0.1, 0.15) is 0 Å². The zero-order chi connectivity index (χ0) is 11.5. The minimum absolute atomic E-state index is 0.0165. The summed E-state index contributed by atoms with van der Waals surface area (Å²) in [6.45, 7) is 6.11. The Bertz CT molecular complexity index is 355. The van der Waals surface area contributed by atoms with Crippen molar-refractivity contribution < 1.29 is 4.79 Å². The van der Waals surface area contributed by atoms with Gasteiger partial charge in [0.05, 0.1) is 0 Å². The smallest absolute Gasteiger partial charge is 0.193 e. The van der Waals surface area contributed by atoms with Gasteiger partial charge in [0.2, 0.25) is 0 Å². The molecule has 82 valence electrons. The number of rotatable bonds is 2. The Kier molecular flexibility index (Phi) is 3.80. The van der Waals surface area contributed by atoms with E-state index in [4.69, 9.17) is 5.73 Å². The first kappa shape index (κ1) is 12.1. The van der Waals surface area contributed by atoms with Gasteiger partial charge in [0, 0.05) is 16.9 Å². The molecule has 0 amide bonds. The van der Waals surface area contributed by atoms with Crippen molar-refractivity contribution in [3.05, 3.63) is 29.8 Å². The Morgan fingerprint density at radius 3 is 2.60 bits per heavy atom. The first-order valence-corrected chi connectivity index (χ1v) is 5.75. The van der Waals surface area contributed by atoms with E-state index in [1.165, 1.54) is 11.8 Å². The fourth-order valence-electron chi connectivity index (χ4n) is 1.25. The lowest BCUT2D eigenvalue weighted by atomic mass is 10.1. The van der Waals surface area contributed by atoms with Gasteiger partial charge in [-0.15, -0.1) is 0 Å². The first-order valence-electron chi connectivity index (χ1n) is 4.93. The van der Waals surface area contributed by atoms with E-state index in [-0.39, 0.29) is 9.86 Å². The molecule has 1 aromatic rings. The van der Waals surface area contributed by atoms with Gasteiger partial charge in [0.25, 0.3) is 0 Å². The Hall–Kier alpha value is -0.960. The van der Waals surface area contributed by atoms with E-state index in [1.54, 1.807) is 0 Å². The Morgan fingerprint density at radius 1 is 1.40 bits per heavy atom. The van der Waals surface area contributed by atoms with Crippen molar-refractivity contribution >= 4 is 22.6 Å². The maximum atomic E-state index is 11.7. The molecule has 0 atom stereocenters. The van der Waals surface area contributed by atoms with E-state index in [1.807, 2.05) is 45.0 Å². The van der Waals surface area contributed by atoms with Gasteiger partial charge in [-0.1, -0.05) is 44.7 Å². The normalized spacial score (nSPS) is 11.4. The highest BCUT2D eigenvalue weighted by molar-refractivity contribution is 8.14. The van der Waals surface area contributed by atoms with Crippen molar-refractivity contribution in [3.8, 4) is 0 Å². The molecular formula is C12H17NOS. The van der Waals surface area contributed by atoms with Crippen LogP contribution >= 0.6 is 11.8 Å². The Balaban J connectivity index is 2.59. The molecule has 0 saturated carbocycles. The summed E-state index contributed by atoms with van der Waals surface area (Å²) >= 11 is 1.38. The van der Waals surface area contributed by atoms with Crippen LogP contribution in [0.5, 0.6) is 0 Å². The van der Waals surface area contributed by atoms with Gasteiger partial charge in [-0.25, -0.2) is 0 Å². The molecule has 1 rings (SSSR count). The first-order chi connectivity index (χ1) is 6.87. The fraction of sp³-hybridized carbons (Fsp3) is 0.417. The molecule has 0 fully saturated rings. The predicted octanol–water partition coefficient (Wildman–Crippen LogP) is 2.87. The van der Waals surface area contributed by atoms with Crippen molar-refractivity contribution in [2.75, 3.05) is 5.73 Å². The largest absolute Gasteiger partial charge is 0.399 e. The lowest BCUT2D eigenvalue weighted by Gasteiger charge is -2.15. The zero-order valence-corrected chi connectivity index (χ0v) is 10.2. The molecule has 0 bridgehead atoms. The van der Waals surface area contributed by atoms with Crippen LogP contribution in [-0.2, 0) is 11.2 Å². The molecule has 2 N–H and O–H groups in total. The van der Waals surface area contributed by atoms with Gasteiger partial charge >= 0.3 is 0 Å². The SMILES string of the molecule is CC(C)(C)SC(=O)Cc1cccc(N)c1. The lowest BCUT2D eigenvalue weighted by molar-refractivity contribution is -0.110.